The van der Waals surface area contributed by atoms with E-state index in [0.29, 0.717) is 11.1 Å². The summed E-state index contributed by atoms with van der Waals surface area (Å²) < 4.78 is 0. The maximum Gasteiger partial charge on any atom is 0.242 e. The first-order valence-corrected chi connectivity index (χ1v) is 11.3. The topological polar surface area (TPSA) is 61.8 Å². The normalized spacial score (nSPS) is 20.3. The molecule has 1 saturated heterocycles. The maximum absolute atomic E-state index is 13.0. The van der Waals surface area contributed by atoms with Crippen LogP contribution in [0, 0.1) is 6.92 Å². The van der Waals surface area contributed by atoms with Gasteiger partial charge in [-0.3, -0.25) is 14.5 Å². The highest BCUT2D eigenvalue weighted by molar-refractivity contribution is 8.15. The van der Waals surface area contributed by atoms with E-state index in [-0.39, 0.29) is 24.3 Å². The standard InChI is InChI=1S/C24H27N3O2S/c1-15(2)17-8-10-18(11-9-17)25-24-27(19-12-13-19)23(29)21(30-24)14-22(28)26-20-7-5-4-6-16(20)3/h4-11,15,19,21H,12-14H2,1-3H3,(H,26,28)/t21-/m0/s1. The Morgan fingerprint density at radius 3 is 2.50 bits per heavy atom. The monoisotopic (exact) mass is 421 g/mol. The van der Waals surface area contributed by atoms with Crippen LogP contribution in [0.15, 0.2) is 53.5 Å². The molecule has 2 aromatic carbocycles. The van der Waals surface area contributed by atoms with Crippen molar-refractivity contribution in [2.24, 2.45) is 4.99 Å². The van der Waals surface area contributed by atoms with Gasteiger partial charge in [-0.05, 0) is 55.0 Å². The van der Waals surface area contributed by atoms with E-state index in [1.165, 1.54) is 17.3 Å². The fourth-order valence-corrected chi connectivity index (χ4v) is 4.70. The Hall–Kier alpha value is -2.60. The van der Waals surface area contributed by atoms with Crippen molar-refractivity contribution >= 4 is 40.1 Å². The third-order valence-electron chi connectivity index (χ3n) is 5.45. The lowest BCUT2D eigenvalue weighted by Crippen LogP contribution is -2.35. The first-order valence-electron chi connectivity index (χ1n) is 10.5. The molecule has 1 aliphatic heterocycles. The number of amides is 2. The van der Waals surface area contributed by atoms with Crippen molar-refractivity contribution in [1.29, 1.82) is 0 Å². The van der Waals surface area contributed by atoms with Gasteiger partial charge < -0.3 is 5.32 Å². The molecule has 1 heterocycles. The molecule has 0 spiro atoms. The molecule has 4 rings (SSSR count). The molecule has 0 bridgehead atoms. The van der Waals surface area contributed by atoms with Gasteiger partial charge in [-0.2, -0.15) is 0 Å². The third-order valence-corrected chi connectivity index (χ3v) is 6.60. The van der Waals surface area contributed by atoms with E-state index >= 15 is 0 Å². The van der Waals surface area contributed by atoms with Crippen LogP contribution in [-0.2, 0) is 9.59 Å². The third kappa shape index (κ3) is 4.59. The molecule has 1 saturated carbocycles. The van der Waals surface area contributed by atoms with Crippen LogP contribution >= 0.6 is 11.8 Å². The zero-order valence-electron chi connectivity index (χ0n) is 17.6. The van der Waals surface area contributed by atoms with Gasteiger partial charge in [0.1, 0.15) is 5.25 Å². The summed E-state index contributed by atoms with van der Waals surface area (Å²) in [5, 5.41) is 3.22. The quantitative estimate of drug-likeness (QED) is 0.694. The summed E-state index contributed by atoms with van der Waals surface area (Å²) in [4.78, 5) is 32.2. The van der Waals surface area contributed by atoms with Crippen LogP contribution in [-0.4, -0.2) is 33.2 Å². The number of para-hydroxylation sites is 1. The Bertz CT molecular complexity index is 980. The number of carbonyl (C=O) groups excluding carboxylic acids is 2. The molecule has 1 N–H and O–H groups in total. The van der Waals surface area contributed by atoms with E-state index < -0.39 is 5.25 Å². The lowest BCUT2D eigenvalue weighted by molar-refractivity contribution is -0.128. The average Bonchev–Trinajstić information content (AvgIpc) is 3.50. The summed E-state index contributed by atoms with van der Waals surface area (Å²) >= 11 is 1.41. The minimum absolute atomic E-state index is 0.0000146. The Kier molecular flexibility index (Phi) is 5.95. The molecule has 2 aliphatic rings. The number of hydrogen-bond acceptors (Lipinski definition) is 4. The van der Waals surface area contributed by atoms with Crippen molar-refractivity contribution < 1.29 is 9.59 Å². The zero-order valence-corrected chi connectivity index (χ0v) is 18.4. The number of hydrogen-bond donors (Lipinski definition) is 1. The average molecular weight is 422 g/mol. The molecule has 1 atom stereocenters. The fourth-order valence-electron chi connectivity index (χ4n) is 3.49. The molecule has 0 aromatic heterocycles. The fraction of sp³-hybridized carbons (Fsp3) is 0.375. The summed E-state index contributed by atoms with van der Waals surface area (Å²) in [6.07, 6.45) is 2.14. The molecule has 1 aliphatic carbocycles. The van der Waals surface area contributed by atoms with Crippen LogP contribution in [0.2, 0.25) is 0 Å². The predicted octanol–water partition coefficient (Wildman–Crippen LogP) is 5.24. The number of aryl methyl sites for hydroxylation is 1. The minimum atomic E-state index is -0.427. The van der Waals surface area contributed by atoms with E-state index in [1.54, 1.807) is 0 Å². The van der Waals surface area contributed by atoms with E-state index in [9.17, 15) is 9.59 Å². The van der Waals surface area contributed by atoms with E-state index in [0.717, 1.165) is 29.8 Å². The maximum atomic E-state index is 13.0. The van der Waals surface area contributed by atoms with Crippen LogP contribution in [0.25, 0.3) is 0 Å². The molecule has 30 heavy (non-hydrogen) atoms. The number of rotatable bonds is 6. The van der Waals surface area contributed by atoms with Crippen molar-refractivity contribution in [1.82, 2.24) is 4.90 Å². The SMILES string of the molecule is Cc1ccccc1NC(=O)C[C@@H]1SC(=Nc2ccc(C(C)C)cc2)N(C2CC2)C1=O. The van der Waals surface area contributed by atoms with Crippen molar-refractivity contribution in [3.63, 3.8) is 0 Å². The van der Waals surface area contributed by atoms with Gasteiger partial charge in [-0.1, -0.05) is 55.9 Å². The second kappa shape index (κ2) is 8.64. The summed E-state index contributed by atoms with van der Waals surface area (Å²) in [7, 11) is 0. The molecule has 2 amide bonds. The summed E-state index contributed by atoms with van der Waals surface area (Å²) in [5.74, 6) is 0.321. The van der Waals surface area contributed by atoms with Gasteiger partial charge in [0.15, 0.2) is 5.17 Å². The second-order valence-corrected chi connectivity index (χ2v) is 9.42. The van der Waals surface area contributed by atoms with Crippen molar-refractivity contribution in [2.75, 3.05) is 5.32 Å². The van der Waals surface area contributed by atoms with Gasteiger partial charge in [0.25, 0.3) is 0 Å². The second-order valence-electron chi connectivity index (χ2n) is 8.25. The molecule has 2 aromatic rings. The Labute approximate surface area is 182 Å². The highest BCUT2D eigenvalue weighted by atomic mass is 32.2. The number of nitrogens with zero attached hydrogens (tertiary/aromatic N) is 2. The van der Waals surface area contributed by atoms with Crippen molar-refractivity contribution in [2.45, 2.75) is 57.2 Å². The van der Waals surface area contributed by atoms with Gasteiger partial charge in [0, 0.05) is 18.2 Å². The van der Waals surface area contributed by atoms with Crippen LogP contribution in [0.4, 0.5) is 11.4 Å². The first-order chi connectivity index (χ1) is 14.4. The summed E-state index contributed by atoms with van der Waals surface area (Å²) in [6, 6.07) is 16.0. The summed E-state index contributed by atoms with van der Waals surface area (Å²) in [5.41, 5.74) is 3.89. The number of carbonyl (C=O) groups is 2. The highest BCUT2D eigenvalue weighted by Crippen LogP contribution is 2.39. The van der Waals surface area contributed by atoms with Crippen molar-refractivity contribution in [3.8, 4) is 0 Å². The number of amidine groups is 1. The molecule has 5 nitrogen and oxygen atoms in total. The predicted molar refractivity (Wildman–Crippen MR) is 123 cm³/mol. The number of thioether (sulfide) groups is 1. The molecular formula is C24H27N3O2S. The minimum Gasteiger partial charge on any atom is -0.326 e. The van der Waals surface area contributed by atoms with E-state index in [2.05, 4.69) is 31.3 Å². The molecular weight excluding hydrogens is 394 g/mol. The Morgan fingerprint density at radius 2 is 1.87 bits per heavy atom. The van der Waals surface area contributed by atoms with Gasteiger partial charge >= 0.3 is 0 Å². The van der Waals surface area contributed by atoms with Crippen molar-refractivity contribution in [3.05, 3.63) is 59.7 Å². The number of benzene rings is 2. The largest absolute Gasteiger partial charge is 0.326 e. The van der Waals surface area contributed by atoms with E-state index in [1.807, 2.05) is 48.2 Å². The van der Waals surface area contributed by atoms with Gasteiger partial charge in [0.2, 0.25) is 11.8 Å². The van der Waals surface area contributed by atoms with Gasteiger partial charge in [-0.25, -0.2) is 4.99 Å². The first kappa shape index (κ1) is 20.7. The van der Waals surface area contributed by atoms with Crippen LogP contribution in [0.5, 0.6) is 0 Å². The highest BCUT2D eigenvalue weighted by Gasteiger charge is 2.46. The van der Waals surface area contributed by atoms with Gasteiger partial charge in [-0.15, -0.1) is 0 Å². The molecule has 0 unspecified atom stereocenters. The van der Waals surface area contributed by atoms with Crippen LogP contribution in [0.3, 0.4) is 0 Å². The van der Waals surface area contributed by atoms with Crippen LogP contribution in [0.1, 0.15) is 50.2 Å². The van der Waals surface area contributed by atoms with E-state index in [4.69, 9.17) is 4.99 Å². The summed E-state index contributed by atoms with van der Waals surface area (Å²) in [6.45, 7) is 6.27. The molecule has 0 radical (unpaired) electrons. The molecule has 156 valence electrons. The molecule has 6 heteroatoms. The van der Waals surface area contributed by atoms with Gasteiger partial charge in [0.05, 0.1) is 5.69 Å². The Balaban J connectivity index is 1.48. The lowest BCUT2D eigenvalue weighted by atomic mass is 10.0. The Morgan fingerprint density at radius 1 is 1.17 bits per heavy atom. The number of aliphatic imine (C=N–C) groups is 1. The lowest BCUT2D eigenvalue weighted by Gasteiger charge is -2.15. The smallest absolute Gasteiger partial charge is 0.242 e. The molecule has 2 fully saturated rings. The number of anilines is 1. The van der Waals surface area contributed by atoms with Crippen LogP contribution < -0.4 is 5.32 Å². The zero-order chi connectivity index (χ0) is 21.3. The number of nitrogens with one attached hydrogen (secondary N) is 1.